The predicted molar refractivity (Wildman–Crippen MR) is 124 cm³/mol. The minimum atomic E-state index is -3.69. The summed E-state index contributed by atoms with van der Waals surface area (Å²) in [6, 6.07) is 7.04. The molecule has 0 saturated carbocycles. The Morgan fingerprint density at radius 1 is 0.812 bits per heavy atom. The quantitative estimate of drug-likeness (QED) is 0.224. The molecule has 16 heteroatoms. The van der Waals surface area contributed by atoms with Crippen LogP contribution in [0.1, 0.15) is 0 Å². The van der Waals surface area contributed by atoms with Crippen LogP contribution in [0.2, 0.25) is 5.15 Å². The van der Waals surface area contributed by atoms with Gasteiger partial charge < -0.3 is 8.83 Å². The molecule has 4 aromatic rings. The van der Waals surface area contributed by atoms with Gasteiger partial charge in [-0.05, 0) is 36.4 Å². The Balaban J connectivity index is 0.000000183. The van der Waals surface area contributed by atoms with Crippen molar-refractivity contribution in [3.05, 3.63) is 84.6 Å². The number of hydrogen-bond donors (Lipinski definition) is 1. The number of aromatic amines is 1. The molecule has 7 nitrogen and oxygen atoms in total. The zero-order chi connectivity index (χ0) is 24.3. The van der Waals surface area contributed by atoms with Gasteiger partial charge in [-0.2, -0.15) is 4.98 Å². The van der Waals surface area contributed by atoms with Crippen LogP contribution >= 0.6 is 71.2 Å². The van der Waals surface area contributed by atoms with Gasteiger partial charge in [-0.3, -0.25) is 9.78 Å². The van der Waals surface area contributed by atoms with Crippen molar-refractivity contribution >= 4 is 93.1 Å². The van der Waals surface area contributed by atoms with Crippen molar-refractivity contribution < 1.29 is 17.6 Å². The summed E-state index contributed by atoms with van der Waals surface area (Å²) in [6.07, 6.45) is 0. The van der Waals surface area contributed by atoms with Crippen LogP contribution in [0.3, 0.4) is 0 Å². The summed E-state index contributed by atoms with van der Waals surface area (Å²) in [5.74, 6) is -2.63. The molecule has 0 aliphatic heterocycles. The van der Waals surface area contributed by atoms with Crippen molar-refractivity contribution in [2.75, 3.05) is 0 Å². The van der Waals surface area contributed by atoms with E-state index in [0.717, 1.165) is 18.2 Å². The zero-order valence-electron chi connectivity index (χ0n) is 14.9. The molecule has 2 aromatic carbocycles. The second-order valence-corrected chi connectivity index (χ2v) is 22.5. The van der Waals surface area contributed by atoms with Crippen LogP contribution in [0, 0.1) is 11.6 Å². The van der Waals surface area contributed by atoms with Crippen molar-refractivity contribution in [3.8, 4) is 0 Å². The van der Waals surface area contributed by atoms with Crippen LogP contribution in [-0.4, -0.2) is 9.97 Å². The Labute approximate surface area is 204 Å². The smallest absolute Gasteiger partial charge is 0.409 e. The monoisotopic (exact) mass is 586 g/mol. The fourth-order valence-electron chi connectivity index (χ4n) is 2.06. The maximum Gasteiger partial charge on any atom is 0.440 e. The number of fused-ring (bicyclic) bond motifs is 2. The first-order valence-electron chi connectivity index (χ1n) is 7.76. The van der Waals surface area contributed by atoms with Gasteiger partial charge in [0.25, 0.3) is 5.56 Å². The van der Waals surface area contributed by atoms with E-state index in [-0.39, 0.29) is 21.7 Å². The van der Waals surface area contributed by atoms with Gasteiger partial charge in [0.2, 0.25) is 0 Å². The third kappa shape index (κ3) is 9.19. The summed E-state index contributed by atoms with van der Waals surface area (Å²) >= 11 is 30.5. The molecule has 0 amide bonds. The second-order valence-electron chi connectivity index (χ2n) is 5.53. The molecule has 0 radical (unpaired) electrons. The van der Waals surface area contributed by atoms with Gasteiger partial charge >= 0.3 is 71.1 Å². The average molecular weight is 589 g/mol. The Bertz CT molecular complexity index is 1450. The van der Waals surface area contributed by atoms with E-state index in [9.17, 15) is 23.2 Å². The Morgan fingerprint density at radius 3 is 1.81 bits per heavy atom. The number of halogens is 8. The molecule has 0 aliphatic rings. The van der Waals surface area contributed by atoms with Gasteiger partial charge in [0, 0.05) is 0 Å². The van der Waals surface area contributed by atoms with Gasteiger partial charge in [0.05, 0.1) is 10.8 Å². The van der Waals surface area contributed by atoms with Crippen LogP contribution in [0.4, 0.5) is 8.78 Å². The molecule has 0 spiro atoms. The van der Waals surface area contributed by atoms with Gasteiger partial charge in [-0.1, -0.05) is 11.6 Å². The third-order valence-corrected chi connectivity index (χ3v) is 3.44. The standard InChI is InChI=1S/C8H3ClFNO2.C8H4FNO3.Cl5P/c9-7-5-3-4(10)1-2-6(5)13-8(12)11-7;9-4-1-2-6-5(3-4)7(11)10-8(12)13-6;1-6(2,3,4)5/h1-3H;1-3H,(H,10,11,12);. The Morgan fingerprint density at radius 2 is 1.28 bits per heavy atom. The molecule has 0 fully saturated rings. The zero-order valence-corrected chi connectivity index (χ0v) is 20.4. The van der Waals surface area contributed by atoms with Crippen LogP contribution in [0.5, 0.6) is 0 Å². The average Bonchev–Trinajstić information content (AvgIpc) is 2.61. The van der Waals surface area contributed by atoms with Crippen molar-refractivity contribution in [2.24, 2.45) is 0 Å². The second kappa shape index (κ2) is 10.2. The topological polar surface area (TPSA) is 106 Å². The maximum atomic E-state index is 12.7. The molecule has 2 aromatic heterocycles. The van der Waals surface area contributed by atoms with Crippen LogP contribution in [0.25, 0.3) is 21.9 Å². The summed E-state index contributed by atoms with van der Waals surface area (Å²) in [5.41, 5.74) is -0.340. The molecule has 1 N–H and O–H groups in total. The van der Waals surface area contributed by atoms with Crippen molar-refractivity contribution in [1.82, 2.24) is 9.97 Å². The molecule has 0 unspecified atom stereocenters. The van der Waals surface area contributed by atoms with E-state index in [4.69, 9.17) is 67.8 Å². The van der Waals surface area contributed by atoms with E-state index in [1.165, 1.54) is 18.2 Å². The molecular formula is C16H7Cl6F2N2O5P. The first kappa shape index (κ1) is 26.8. The summed E-state index contributed by atoms with van der Waals surface area (Å²) in [7, 11) is 0. The van der Waals surface area contributed by atoms with Crippen molar-refractivity contribution in [2.45, 2.75) is 0 Å². The van der Waals surface area contributed by atoms with Gasteiger partial charge in [0.1, 0.15) is 28.0 Å². The summed E-state index contributed by atoms with van der Waals surface area (Å²) in [4.78, 5) is 37.7. The van der Waals surface area contributed by atoms with E-state index in [2.05, 4.69) is 13.8 Å². The molecule has 32 heavy (non-hydrogen) atoms. The van der Waals surface area contributed by atoms with Crippen molar-refractivity contribution in [1.29, 1.82) is 0 Å². The van der Waals surface area contributed by atoms with Gasteiger partial charge in [-0.25, -0.2) is 18.4 Å². The third-order valence-electron chi connectivity index (χ3n) is 3.16. The van der Waals surface area contributed by atoms with Gasteiger partial charge in [-0.15, -0.1) is 0 Å². The van der Waals surface area contributed by atoms with Crippen LogP contribution < -0.4 is 17.1 Å². The number of hydrogen-bond acceptors (Lipinski definition) is 6. The number of aromatic nitrogens is 2. The molecule has 0 bridgehead atoms. The van der Waals surface area contributed by atoms with E-state index in [0.29, 0.717) is 5.39 Å². The number of H-pyrrole nitrogens is 1. The molecule has 0 atom stereocenters. The van der Waals surface area contributed by atoms with E-state index < -0.39 is 32.1 Å². The maximum absolute atomic E-state index is 12.7. The summed E-state index contributed by atoms with van der Waals surface area (Å²) in [5, 5.41) is 0.270. The Kier molecular flexibility index (Phi) is 8.56. The molecule has 2 heterocycles. The largest absolute Gasteiger partial charge is 0.440 e. The Hall–Kier alpha value is -1.45. The number of nitrogens with zero attached hydrogens (tertiary/aromatic N) is 1. The number of rotatable bonds is 0. The van der Waals surface area contributed by atoms with Crippen LogP contribution in [0.15, 0.2) is 59.6 Å². The minimum absolute atomic E-state index is 0.0274. The first-order chi connectivity index (χ1) is 14.6. The first-order valence-corrected chi connectivity index (χ1v) is 14.9. The molecule has 172 valence electrons. The molecule has 4 rings (SSSR count). The molecule has 0 saturated heterocycles. The molecule has 0 aliphatic carbocycles. The van der Waals surface area contributed by atoms with Crippen molar-refractivity contribution in [3.63, 3.8) is 0 Å². The molecular weight excluding hydrogens is 582 g/mol. The normalized spacial score (nSPS) is 12.2. The van der Waals surface area contributed by atoms with Gasteiger partial charge in [0.15, 0.2) is 0 Å². The van der Waals surface area contributed by atoms with Crippen LogP contribution in [-0.2, 0) is 0 Å². The number of nitrogens with one attached hydrogen (secondary N) is 1. The fourth-order valence-corrected chi connectivity index (χ4v) is 2.28. The summed E-state index contributed by atoms with van der Waals surface area (Å²) in [6.45, 7) is 0. The summed E-state index contributed by atoms with van der Waals surface area (Å²) < 4.78 is 31.0. The SMILES string of the molecule is ClP(Cl)(Cl)(Cl)Cl.O=c1[nH]c(=O)c2cc(F)ccc2o1.O=c1nc(Cl)c2cc(F)ccc2o1. The predicted octanol–water partition coefficient (Wildman–Crippen LogP) is 6.91. The number of benzene rings is 2. The van der Waals surface area contributed by atoms with E-state index >= 15 is 0 Å². The van der Waals surface area contributed by atoms with E-state index in [1.54, 1.807) is 0 Å². The van der Waals surface area contributed by atoms with E-state index in [1.807, 2.05) is 4.98 Å². The minimum Gasteiger partial charge on any atom is -0.409 e. The fraction of sp³-hybridized carbons (Fsp3) is 0.